The van der Waals surface area contributed by atoms with Crippen LogP contribution in [0.4, 0.5) is 0 Å². The van der Waals surface area contributed by atoms with E-state index in [0.717, 1.165) is 5.56 Å². The molecule has 1 N–H and O–H groups in total. The average Bonchev–Trinajstić information content (AvgIpc) is 2.04. The highest BCUT2D eigenvalue weighted by molar-refractivity contribution is 6.24. The third kappa shape index (κ3) is 1.10. The van der Waals surface area contributed by atoms with Gasteiger partial charge in [-0.3, -0.25) is 0 Å². The summed E-state index contributed by atoms with van der Waals surface area (Å²) in [4.78, 5) is -0.453. The van der Waals surface area contributed by atoms with Crippen molar-refractivity contribution in [2.45, 2.75) is 11.9 Å². The van der Waals surface area contributed by atoms with Crippen LogP contribution in [-0.2, 0) is 5.00 Å². The zero-order valence-corrected chi connectivity index (χ0v) is 7.60. The number of rotatable bonds is 0. The predicted octanol–water partition coefficient (Wildman–Crippen LogP) is 2.67. The zero-order chi connectivity index (χ0) is 8.60. The molecule has 1 aromatic rings. The van der Waals surface area contributed by atoms with E-state index in [1.807, 2.05) is 37.4 Å². The van der Waals surface area contributed by atoms with Crippen LogP contribution < -0.4 is 5.32 Å². The van der Waals surface area contributed by atoms with Gasteiger partial charge in [-0.05, 0) is 30.3 Å². The van der Waals surface area contributed by atoms with Crippen molar-refractivity contribution in [2.24, 2.45) is 0 Å². The maximum Gasteiger partial charge on any atom is 0.135 e. The van der Waals surface area contributed by atoms with Crippen LogP contribution in [0.25, 0.3) is 6.08 Å². The second-order valence-corrected chi connectivity index (χ2v) is 3.82. The standard InChI is InChI=1S/C10H10ClN/c1-10(11)9-5-3-2-4-8(9)6-7-12-10/h2-7,12H,1H3. The Morgan fingerprint density at radius 2 is 2.08 bits per heavy atom. The molecule has 0 fully saturated rings. The van der Waals surface area contributed by atoms with E-state index < -0.39 is 5.00 Å². The van der Waals surface area contributed by atoms with E-state index in [2.05, 4.69) is 11.4 Å². The Labute approximate surface area is 77.0 Å². The summed E-state index contributed by atoms with van der Waals surface area (Å²) in [5, 5.41) is 3.10. The van der Waals surface area contributed by atoms with Gasteiger partial charge in [0.1, 0.15) is 5.00 Å². The van der Waals surface area contributed by atoms with E-state index in [9.17, 15) is 0 Å². The number of alkyl halides is 1. The van der Waals surface area contributed by atoms with Gasteiger partial charge >= 0.3 is 0 Å². The van der Waals surface area contributed by atoms with Crippen molar-refractivity contribution in [3.63, 3.8) is 0 Å². The molecule has 0 radical (unpaired) electrons. The van der Waals surface area contributed by atoms with Gasteiger partial charge in [0, 0.05) is 0 Å². The number of halogens is 1. The third-order valence-electron chi connectivity index (χ3n) is 2.08. The van der Waals surface area contributed by atoms with E-state index in [1.54, 1.807) is 0 Å². The highest BCUT2D eigenvalue weighted by atomic mass is 35.5. The van der Waals surface area contributed by atoms with Gasteiger partial charge in [0.05, 0.1) is 0 Å². The van der Waals surface area contributed by atoms with Crippen molar-refractivity contribution < 1.29 is 0 Å². The molecule has 1 nitrogen and oxygen atoms in total. The molecule has 1 unspecified atom stereocenters. The van der Waals surface area contributed by atoms with E-state index in [4.69, 9.17) is 11.6 Å². The average molecular weight is 180 g/mol. The van der Waals surface area contributed by atoms with Gasteiger partial charge in [-0.25, -0.2) is 0 Å². The molecule has 1 aliphatic rings. The van der Waals surface area contributed by atoms with Gasteiger partial charge in [0.2, 0.25) is 0 Å². The van der Waals surface area contributed by atoms with Crippen molar-refractivity contribution in [3.8, 4) is 0 Å². The lowest BCUT2D eigenvalue weighted by Gasteiger charge is -2.28. The summed E-state index contributed by atoms with van der Waals surface area (Å²) >= 11 is 6.24. The quantitative estimate of drug-likeness (QED) is 0.477. The van der Waals surface area contributed by atoms with Gasteiger partial charge in [-0.1, -0.05) is 35.9 Å². The van der Waals surface area contributed by atoms with Crippen LogP contribution in [0.1, 0.15) is 18.1 Å². The molecule has 0 spiro atoms. The van der Waals surface area contributed by atoms with Gasteiger partial charge in [0.15, 0.2) is 0 Å². The zero-order valence-electron chi connectivity index (χ0n) is 6.84. The molecule has 62 valence electrons. The Kier molecular flexibility index (Phi) is 1.62. The second-order valence-electron chi connectivity index (χ2n) is 3.07. The first-order valence-corrected chi connectivity index (χ1v) is 4.30. The number of nitrogens with one attached hydrogen (secondary N) is 1. The van der Waals surface area contributed by atoms with E-state index in [0.29, 0.717) is 0 Å². The molecule has 12 heavy (non-hydrogen) atoms. The summed E-state index contributed by atoms with van der Waals surface area (Å²) in [6, 6.07) is 8.12. The first-order chi connectivity index (χ1) is 5.70. The number of hydrogen-bond donors (Lipinski definition) is 1. The number of benzene rings is 1. The normalized spacial score (nSPS) is 26.2. The number of fused-ring (bicyclic) bond motifs is 1. The fourth-order valence-corrected chi connectivity index (χ4v) is 1.67. The van der Waals surface area contributed by atoms with Crippen LogP contribution in [0.3, 0.4) is 0 Å². The van der Waals surface area contributed by atoms with Crippen molar-refractivity contribution >= 4 is 17.7 Å². The van der Waals surface area contributed by atoms with E-state index in [-0.39, 0.29) is 0 Å². The first-order valence-electron chi connectivity index (χ1n) is 3.93. The maximum atomic E-state index is 6.24. The Morgan fingerprint density at radius 3 is 2.83 bits per heavy atom. The molecule has 1 atom stereocenters. The number of hydrogen-bond acceptors (Lipinski definition) is 1. The van der Waals surface area contributed by atoms with Crippen molar-refractivity contribution in [2.75, 3.05) is 0 Å². The minimum atomic E-state index is -0.453. The van der Waals surface area contributed by atoms with Crippen LogP contribution in [0.5, 0.6) is 0 Å². The van der Waals surface area contributed by atoms with Crippen LogP contribution in [-0.4, -0.2) is 0 Å². The summed E-state index contributed by atoms with van der Waals surface area (Å²) < 4.78 is 0. The highest BCUT2D eigenvalue weighted by Crippen LogP contribution is 2.31. The summed E-state index contributed by atoms with van der Waals surface area (Å²) in [5.41, 5.74) is 2.32. The fraction of sp³-hybridized carbons (Fsp3) is 0.200. The molecule has 1 heterocycles. The monoisotopic (exact) mass is 179 g/mol. The molecular weight excluding hydrogens is 170 g/mol. The highest BCUT2D eigenvalue weighted by Gasteiger charge is 2.25. The van der Waals surface area contributed by atoms with Crippen LogP contribution in [0.15, 0.2) is 30.5 Å². The maximum absolute atomic E-state index is 6.24. The lowest BCUT2D eigenvalue weighted by molar-refractivity contribution is 0.598. The Hall–Kier alpha value is -0.950. The van der Waals surface area contributed by atoms with Crippen molar-refractivity contribution in [3.05, 3.63) is 41.6 Å². The third-order valence-corrected chi connectivity index (χ3v) is 2.40. The molecule has 0 aromatic heterocycles. The summed E-state index contributed by atoms with van der Waals surface area (Å²) in [6.07, 6.45) is 3.91. The Balaban J connectivity index is 2.60. The lowest BCUT2D eigenvalue weighted by Crippen LogP contribution is -2.32. The van der Waals surface area contributed by atoms with E-state index in [1.165, 1.54) is 5.56 Å². The molecule has 0 aliphatic carbocycles. The topological polar surface area (TPSA) is 12.0 Å². The van der Waals surface area contributed by atoms with Crippen molar-refractivity contribution in [1.29, 1.82) is 0 Å². The Bertz CT molecular complexity index is 328. The van der Waals surface area contributed by atoms with Gasteiger partial charge < -0.3 is 5.32 Å². The molecule has 1 aliphatic heterocycles. The molecular formula is C10H10ClN. The van der Waals surface area contributed by atoms with Crippen LogP contribution in [0, 0.1) is 0 Å². The molecule has 1 aromatic carbocycles. The van der Waals surface area contributed by atoms with Crippen LogP contribution in [0.2, 0.25) is 0 Å². The minimum absolute atomic E-state index is 0.453. The molecule has 0 amide bonds. The molecule has 2 heteroatoms. The summed E-state index contributed by atoms with van der Waals surface area (Å²) in [6.45, 7) is 1.96. The van der Waals surface area contributed by atoms with Crippen LogP contribution >= 0.6 is 11.6 Å². The second kappa shape index (κ2) is 2.53. The Morgan fingerprint density at radius 1 is 1.33 bits per heavy atom. The smallest absolute Gasteiger partial charge is 0.135 e. The fourth-order valence-electron chi connectivity index (χ4n) is 1.44. The SMILES string of the molecule is CC1(Cl)NC=Cc2ccccc21. The molecule has 2 rings (SSSR count). The van der Waals surface area contributed by atoms with E-state index >= 15 is 0 Å². The molecule has 0 saturated heterocycles. The minimum Gasteiger partial charge on any atom is -0.369 e. The van der Waals surface area contributed by atoms with Gasteiger partial charge in [0.25, 0.3) is 0 Å². The lowest BCUT2D eigenvalue weighted by atomic mass is 9.99. The molecule has 0 saturated carbocycles. The van der Waals surface area contributed by atoms with Crippen molar-refractivity contribution in [1.82, 2.24) is 5.32 Å². The summed E-state index contributed by atoms with van der Waals surface area (Å²) in [5.74, 6) is 0. The first kappa shape index (κ1) is 7.69. The van der Waals surface area contributed by atoms with Gasteiger partial charge in [-0.15, -0.1) is 0 Å². The largest absolute Gasteiger partial charge is 0.369 e. The predicted molar refractivity (Wildman–Crippen MR) is 51.8 cm³/mol. The van der Waals surface area contributed by atoms with Gasteiger partial charge in [-0.2, -0.15) is 0 Å². The molecule has 0 bridgehead atoms. The summed E-state index contributed by atoms with van der Waals surface area (Å²) in [7, 11) is 0.